The number of carbonyl (C=O) groups excluding carboxylic acids is 2. The number of rotatable bonds is 4. The van der Waals surface area contributed by atoms with Crippen molar-refractivity contribution in [2.45, 2.75) is 12.7 Å². The van der Waals surface area contributed by atoms with E-state index >= 15 is 0 Å². The fourth-order valence-electron chi connectivity index (χ4n) is 1.89. The Hall–Kier alpha value is -2.46. The van der Waals surface area contributed by atoms with Crippen molar-refractivity contribution in [2.75, 3.05) is 0 Å². The molecule has 0 aliphatic carbocycles. The number of aliphatic hydroxyl groups is 1. The normalized spacial score (nSPS) is 13.3. The van der Waals surface area contributed by atoms with Gasteiger partial charge in [-0.15, -0.1) is 0 Å². The molecule has 2 aromatic carbocycles. The molecule has 0 saturated carbocycles. The minimum absolute atomic E-state index is 0.212. The molecule has 0 fully saturated rings. The third-order valence-corrected chi connectivity index (χ3v) is 2.80. The minimum atomic E-state index is -2.31. The van der Waals surface area contributed by atoms with Crippen LogP contribution >= 0.6 is 0 Å². The second kappa shape index (κ2) is 5.67. The van der Waals surface area contributed by atoms with Crippen molar-refractivity contribution >= 4 is 11.8 Å². The maximum atomic E-state index is 12.5. The van der Waals surface area contributed by atoms with Gasteiger partial charge in [0.25, 0.3) is 0 Å². The largest absolute Gasteiger partial charge is 0.421 e. The predicted molar refractivity (Wildman–Crippen MR) is 72.9 cm³/mol. The maximum absolute atomic E-state index is 12.5. The zero-order valence-corrected chi connectivity index (χ0v) is 10.9. The first-order valence-corrected chi connectivity index (χ1v) is 6.11. The van der Waals surface area contributed by atoms with Crippen LogP contribution in [0, 0.1) is 0 Å². The molecule has 1 N–H and O–H groups in total. The van der Waals surface area contributed by atoms with Gasteiger partial charge in [0.1, 0.15) is 0 Å². The van der Waals surface area contributed by atoms with Crippen molar-refractivity contribution < 1.29 is 19.4 Å². The van der Waals surface area contributed by atoms with Crippen molar-refractivity contribution in [3.05, 3.63) is 71.8 Å². The van der Waals surface area contributed by atoms with E-state index < -0.39 is 17.5 Å². The van der Waals surface area contributed by atoms with Crippen LogP contribution in [0.5, 0.6) is 0 Å². The third kappa shape index (κ3) is 2.75. The highest BCUT2D eigenvalue weighted by atomic mass is 16.7. The molecule has 2 aromatic rings. The lowest BCUT2D eigenvalue weighted by atomic mass is 9.96. The lowest BCUT2D eigenvalue weighted by molar-refractivity contribution is -0.191. The minimum Gasteiger partial charge on any atom is -0.421 e. The molecule has 0 aliphatic heterocycles. The molecule has 1 unspecified atom stereocenters. The van der Waals surface area contributed by atoms with Crippen LogP contribution in [0.25, 0.3) is 0 Å². The van der Waals surface area contributed by atoms with Gasteiger partial charge in [-0.3, -0.25) is 9.59 Å². The van der Waals surface area contributed by atoms with Crippen LogP contribution in [0.2, 0.25) is 0 Å². The van der Waals surface area contributed by atoms with Crippen molar-refractivity contribution in [2.24, 2.45) is 0 Å². The summed E-state index contributed by atoms with van der Waals surface area (Å²) in [6.07, 6.45) is 0. The van der Waals surface area contributed by atoms with Crippen LogP contribution < -0.4 is 0 Å². The molecule has 0 saturated heterocycles. The molecule has 4 nitrogen and oxygen atoms in total. The van der Waals surface area contributed by atoms with E-state index in [4.69, 9.17) is 4.74 Å². The van der Waals surface area contributed by atoms with Gasteiger partial charge >= 0.3 is 11.8 Å². The van der Waals surface area contributed by atoms with Crippen molar-refractivity contribution in [3.8, 4) is 0 Å². The van der Waals surface area contributed by atoms with E-state index in [9.17, 15) is 14.7 Å². The average Bonchev–Trinajstić information content (AvgIpc) is 2.47. The number of hydrogen-bond donors (Lipinski definition) is 1. The molecule has 2 rings (SSSR count). The van der Waals surface area contributed by atoms with E-state index in [2.05, 4.69) is 0 Å². The second-order valence-corrected chi connectivity index (χ2v) is 4.30. The van der Waals surface area contributed by atoms with Crippen LogP contribution in [-0.4, -0.2) is 16.9 Å². The SMILES string of the molecule is CC(=O)OC(O)(C(=O)c1ccccc1)c1ccccc1. The Morgan fingerprint density at radius 3 is 1.95 bits per heavy atom. The Morgan fingerprint density at radius 1 is 0.950 bits per heavy atom. The van der Waals surface area contributed by atoms with Gasteiger partial charge in [0, 0.05) is 18.1 Å². The molecule has 0 heterocycles. The summed E-state index contributed by atoms with van der Waals surface area (Å²) in [5, 5.41) is 10.6. The second-order valence-electron chi connectivity index (χ2n) is 4.30. The van der Waals surface area contributed by atoms with E-state index in [1.54, 1.807) is 48.5 Å². The number of ether oxygens (including phenoxy) is 1. The number of benzene rings is 2. The number of hydrogen-bond acceptors (Lipinski definition) is 4. The van der Waals surface area contributed by atoms with Gasteiger partial charge in [0.2, 0.25) is 5.78 Å². The summed E-state index contributed by atoms with van der Waals surface area (Å²) in [6.45, 7) is 1.15. The topological polar surface area (TPSA) is 63.6 Å². The number of carbonyl (C=O) groups is 2. The zero-order valence-electron chi connectivity index (χ0n) is 10.9. The van der Waals surface area contributed by atoms with Crippen molar-refractivity contribution in [1.29, 1.82) is 0 Å². The molecule has 0 amide bonds. The Kier molecular flexibility index (Phi) is 3.96. The first kappa shape index (κ1) is 14.0. The summed E-state index contributed by atoms with van der Waals surface area (Å²) >= 11 is 0. The first-order valence-electron chi connectivity index (χ1n) is 6.11. The Morgan fingerprint density at radius 2 is 1.45 bits per heavy atom. The fraction of sp³-hybridized carbons (Fsp3) is 0.125. The van der Waals surface area contributed by atoms with Crippen LogP contribution in [0.15, 0.2) is 60.7 Å². The average molecular weight is 270 g/mol. The van der Waals surface area contributed by atoms with Gasteiger partial charge in [-0.1, -0.05) is 60.7 Å². The van der Waals surface area contributed by atoms with Gasteiger partial charge < -0.3 is 9.84 Å². The maximum Gasteiger partial charge on any atom is 0.305 e. The molecule has 0 aromatic heterocycles. The molecular formula is C16H14O4. The lowest BCUT2D eigenvalue weighted by Gasteiger charge is -2.26. The molecule has 20 heavy (non-hydrogen) atoms. The lowest BCUT2D eigenvalue weighted by Crippen LogP contribution is -2.40. The predicted octanol–water partition coefficient (Wildman–Crippen LogP) is 2.28. The van der Waals surface area contributed by atoms with Crippen LogP contribution in [0.1, 0.15) is 22.8 Å². The Bertz CT molecular complexity index is 607. The Labute approximate surface area is 116 Å². The summed E-state index contributed by atoms with van der Waals surface area (Å²) in [4.78, 5) is 23.7. The smallest absolute Gasteiger partial charge is 0.305 e. The summed E-state index contributed by atoms with van der Waals surface area (Å²) in [5.74, 6) is -3.73. The van der Waals surface area contributed by atoms with Gasteiger partial charge in [-0.25, -0.2) is 0 Å². The zero-order chi connectivity index (χ0) is 14.6. The third-order valence-electron chi connectivity index (χ3n) is 2.80. The summed E-state index contributed by atoms with van der Waals surface area (Å²) in [7, 11) is 0. The molecular weight excluding hydrogens is 256 g/mol. The van der Waals surface area contributed by atoms with Crippen LogP contribution in [0.3, 0.4) is 0 Å². The summed E-state index contributed by atoms with van der Waals surface area (Å²) in [6, 6.07) is 16.3. The fourth-order valence-corrected chi connectivity index (χ4v) is 1.89. The van der Waals surface area contributed by atoms with E-state index in [0.717, 1.165) is 6.92 Å². The van der Waals surface area contributed by atoms with Gasteiger partial charge in [0.05, 0.1) is 0 Å². The molecule has 0 spiro atoms. The van der Waals surface area contributed by atoms with Gasteiger partial charge in [0.15, 0.2) is 0 Å². The summed E-state index contributed by atoms with van der Waals surface area (Å²) < 4.78 is 4.91. The van der Waals surface area contributed by atoms with Crippen LogP contribution in [-0.2, 0) is 15.3 Å². The first-order chi connectivity index (χ1) is 9.54. The highest BCUT2D eigenvalue weighted by molar-refractivity contribution is 6.02. The summed E-state index contributed by atoms with van der Waals surface area (Å²) in [5.41, 5.74) is 0.476. The quantitative estimate of drug-likeness (QED) is 0.526. The Balaban J connectivity index is 2.48. The molecule has 102 valence electrons. The highest BCUT2D eigenvalue weighted by Crippen LogP contribution is 2.27. The standard InChI is InChI=1S/C16H14O4/c1-12(17)20-16(19,14-10-6-3-7-11-14)15(18)13-8-4-2-5-9-13/h2-11,19H,1H3. The number of ketones is 1. The molecule has 4 heteroatoms. The molecule has 0 bridgehead atoms. The molecule has 0 aliphatic rings. The highest BCUT2D eigenvalue weighted by Gasteiger charge is 2.42. The molecule has 0 radical (unpaired) electrons. The van der Waals surface area contributed by atoms with Gasteiger partial charge in [-0.2, -0.15) is 0 Å². The van der Waals surface area contributed by atoms with Crippen molar-refractivity contribution in [3.63, 3.8) is 0 Å². The van der Waals surface area contributed by atoms with E-state index in [1.807, 2.05) is 0 Å². The molecule has 1 atom stereocenters. The van der Waals surface area contributed by atoms with Crippen LogP contribution in [0.4, 0.5) is 0 Å². The van der Waals surface area contributed by atoms with Gasteiger partial charge in [-0.05, 0) is 0 Å². The van der Waals surface area contributed by atoms with Crippen molar-refractivity contribution in [1.82, 2.24) is 0 Å². The number of Topliss-reactive ketones (excluding diaryl/α,β-unsaturated/α-hetero) is 1. The van der Waals surface area contributed by atoms with E-state index in [0.29, 0.717) is 0 Å². The van der Waals surface area contributed by atoms with E-state index in [1.165, 1.54) is 12.1 Å². The monoisotopic (exact) mass is 270 g/mol. The van der Waals surface area contributed by atoms with E-state index in [-0.39, 0.29) is 11.1 Å². The number of esters is 1.